The third-order valence-corrected chi connectivity index (χ3v) is 7.72. The van der Waals surface area contributed by atoms with Gasteiger partial charge in [0.15, 0.2) is 0 Å². The minimum Gasteiger partial charge on any atom is -0.456 e. The van der Waals surface area contributed by atoms with Crippen LogP contribution in [0.4, 0.5) is 0 Å². The number of hydrogen-bond acceptors (Lipinski definition) is 2. The molecule has 2 aromatic heterocycles. The molecule has 0 N–H and O–H groups in total. The second-order valence-corrected chi connectivity index (χ2v) is 10.1. The van der Waals surface area contributed by atoms with E-state index in [-0.39, 0.29) is 0 Å². The quantitative estimate of drug-likeness (QED) is 0.234. The smallest absolute Gasteiger partial charge is 0.143 e. The molecule has 0 aliphatic heterocycles. The molecule has 0 amide bonds. The van der Waals surface area contributed by atoms with Gasteiger partial charge in [-0.1, -0.05) is 127 Å². The molecule has 6 aromatic carbocycles. The van der Waals surface area contributed by atoms with Gasteiger partial charge in [-0.25, -0.2) is 0 Å². The summed E-state index contributed by atoms with van der Waals surface area (Å²) in [5.74, 6) is 1.75. The van der Waals surface area contributed by atoms with Crippen LogP contribution >= 0.6 is 0 Å². The van der Waals surface area contributed by atoms with Crippen molar-refractivity contribution < 1.29 is 8.83 Å². The second kappa shape index (κ2) is 9.14. The third kappa shape index (κ3) is 3.58. The van der Waals surface area contributed by atoms with Crippen LogP contribution < -0.4 is 0 Å². The van der Waals surface area contributed by atoms with Crippen LogP contribution in [0.2, 0.25) is 0 Å². The average Bonchev–Trinajstić information content (AvgIpc) is 3.61. The number of para-hydroxylation sites is 1. The summed E-state index contributed by atoms with van der Waals surface area (Å²) in [6.45, 7) is 0. The highest BCUT2D eigenvalue weighted by molar-refractivity contribution is 6.14. The molecule has 2 heteroatoms. The van der Waals surface area contributed by atoms with E-state index in [4.69, 9.17) is 8.83 Å². The van der Waals surface area contributed by atoms with Gasteiger partial charge >= 0.3 is 0 Å². The van der Waals surface area contributed by atoms with Gasteiger partial charge in [0.1, 0.15) is 22.7 Å². The molecule has 0 spiro atoms. The van der Waals surface area contributed by atoms with Crippen molar-refractivity contribution in [3.8, 4) is 44.9 Å². The Labute approximate surface area is 231 Å². The van der Waals surface area contributed by atoms with E-state index < -0.39 is 0 Å². The van der Waals surface area contributed by atoms with Crippen LogP contribution in [0.25, 0.3) is 77.6 Å². The topological polar surface area (TPSA) is 26.3 Å². The molecule has 0 atom stereocenters. The maximum Gasteiger partial charge on any atom is 0.143 e. The fraction of sp³-hybridized carbons (Fsp3) is 0. The molecule has 0 aliphatic carbocycles. The maximum absolute atomic E-state index is 6.85. The predicted octanol–water partition coefficient (Wildman–Crippen LogP) is 11.0. The number of hydrogen-bond donors (Lipinski definition) is 0. The standard InChI is InChI=1S/C38H24O2/c1-2-12-25(13-3-1)26-14-10-15-27(24-26)37-31-18-6-7-19-32(31)38(40-37)30-17-5-4-16-28(30)29-21-11-23-35-36(29)33-20-8-9-22-34(33)39-35/h1-24H. The molecule has 0 saturated heterocycles. The van der Waals surface area contributed by atoms with Gasteiger partial charge < -0.3 is 8.83 Å². The van der Waals surface area contributed by atoms with Gasteiger partial charge in [0.25, 0.3) is 0 Å². The average molecular weight is 513 g/mol. The van der Waals surface area contributed by atoms with Crippen LogP contribution in [-0.4, -0.2) is 0 Å². The summed E-state index contributed by atoms with van der Waals surface area (Å²) in [6.07, 6.45) is 0. The van der Waals surface area contributed by atoms with Gasteiger partial charge in [0.2, 0.25) is 0 Å². The fourth-order valence-corrected chi connectivity index (χ4v) is 5.89. The van der Waals surface area contributed by atoms with Crippen LogP contribution in [-0.2, 0) is 0 Å². The van der Waals surface area contributed by atoms with E-state index in [0.717, 1.165) is 66.5 Å². The highest BCUT2D eigenvalue weighted by atomic mass is 16.3. The minimum atomic E-state index is 0.871. The molecule has 2 heterocycles. The Hall–Kier alpha value is -5.34. The van der Waals surface area contributed by atoms with Crippen LogP contribution in [0.15, 0.2) is 154 Å². The summed E-state index contributed by atoms with van der Waals surface area (Å²) in [6, 6.07) is 50.6. The molecule has 188 valence electrons. The molecule has 8 aromatic rings. The minimum absolute atomic E-state index is 0.871. The van der Waals surface area contributed by atoms with Crippen LogP contribution in [0.5, 0.6) is 0 Å². The Morgan fingerprint density at radius 3 is 1.75 bits per heavy atom. The lowest BCUT2D eigenvalue weighted by Crippen LogP contribution is -1.85. The van der Waals surface area contributed by atoms with Crippen molar-refractivity contribution >= 4 is 32.7 Å². The zero-order valence-corrected chi connectivity index (χ0v) is 21.7. The normalized spacial score (nSPS) is 11.5. The lowest BCUT2D eigenvalue weighted by Gasteiger charge is -2.10. The zero-order chi connectivity index (χ0) is 26.5. The molecule has 0 fully saturated rings. The van der Waals surface area contributed by atoms with Crippen molar-refractivity contribution in [3.63, 3.8) is 0 Å². The number of fused-ring (bicyclic) bond motifs is 4. The van der Waals surface area contributed by atoms with E-state index in [9.17, 15) is 0 Å². The van der Waals surface area contributed by atoms with E-state index in [2.05, 4.69) is 121 Å². The highest BCUT2D eigenvalue weighted by Crippen LogP contribution is 2.45. The van der Waals surface area contributed by atoms with Crippen LogP contribution in [0, 0.1) is 0 Å². The molecule has 0 bridgehead atoms. The van der Waals surface area contributed by atoms with E-state index in [1.165, 1.54) is 11.1 Å². The summed E-state index contributed by atoms with van der Waals surface area (Å²) in [4.78, 5) is 0. The van der Waals surface area contributed by atoms with Crippen molar-refractivity contribution in [2.45, 2.75) is 0 Å². The van der Waals surface area contributed by atoms with Gasteiger partial charge in [-0.15, -0.1) is 0 Å². The first kappa shape index (κ1) is 22.6. The Bertz CT molecular complexity index is 2160. The van der Waals surface area contributed by atoms with E-state index in [0.29, 0.717) is 0 Å². The first-order valence-corrected chi connectivity index (χ1v) is 13.5. The van der Waals surface area contributed by atoms with E-state index >= 15 is 0 Å². The number of rotatable bonds is 4. The summed E-state index contributed by atoms with van der Waals surface area (Å²) >= 11 is 0. The lowest BCUT2D eigenvalue weighted by molar-refractivity contribution is 0.602. The Balaban J connectivity index is 1.36. The first-order chi connectivity index (χ1) is 19.8. The first-order valence-electron chi connectivity index (χ1n) is 13.5. The zero-order valence-electron chi connectivity index (χ0n) is 21.7. The number of benzene rings is 6. The maximum atomic E-state index is 6.85. The van der Waals surface area contributed by atoms with Gasteiger partial charge in [0, 0.05) is 32.7 Å². The largest absolute Gasteiger partial charge is 0.456 e. The molecule has 0 radical (unpaired) electrons. The summed E-state index contributed by atoms with van der Waals surface area (Å²) < 4.78 is 13.1. The van der Waals surface area contributed by atoms with Crippen molar-refractivity contribution in [2.75, 3.05) is 0 Å². The molecule has 2 nitrogen and oxygen atoms in total. The van der Waals surface area contributed by atoms with Crippen LogP contribution in [0.3, 0.4) is 0 Å². The van der Waals surface area contributed by atoms with Crippen molar-refractivity contribution in [1.82, 2.24) is 0 Å². The van der Waals surface area contributed by atoms with Crippen molar-refractivity contribution in [2.24, 2.45) is 0 Å². The summed E-state index contributed by atoms with van der Waals surface area (Å²) in [5, 5.41) is 4.44. The fourth-order valence-electron chi connectivity index (χ4n) is 5.89. The molecule has 40 heavy (non-hydrogen) atoms. The molecule has 0 saturated carbocycles. The van der Waals surface area contributed by atoms with Gasteiger partial charge in [-0.3, -0.25) is 0 Å². The second-order valence-electron chi connectivity index (χ2n) is 10.1. The lowest BCUT2D eigenvalue weighted by atomic mass is 9.93. The predicted molar refractivity (Wildman–Crippen MR) is 165 cm³/mol. The SMILES string of the molecule is c1ccc(-c2cccc(-c3oc(-c4ccccc4-c4cccc5oc6ccccc6c45)c4ccccc34)c2)cc1. The highest BCUT2D eigenvalue weighted by Gasteiger charge is 2.21. The summed E-state index contributed by atoms with van der Waals surface area (Å²) in [5.41, 5.74) is 8.49. The molecule has 0 unspecified atom stereocenters. The Morgan fingerprint density at radius 2 is 0.900 bits per heavy atom. The molecular weight excluding hydrogens is 488 g/mol. The Morgan fingerprint density at radius 1 is 0.325 bits per heavy atom. The van der Waals surface area contributed by atoms with Gasteiger partial charge in [-0.05, 0) is 40.5 Å². The van der Waals surface area contributed by atoms with Gasteiger partial charge in [0.05, 0.1) is 0 Å². The van der Waals surface area contributed by atoms with Crippen molar-refractivity contribution in [1.29, 1.82) is 0 Å². The molecule has 0 aliphatic rings. The molecule has 8 rings (SSSR count). The monoisotopic (exact) mass is 512 g/mol. The van der Waals surface area contributed by atoms with E-state index in [1.54, 1.807) is 0 Å². The van der Waals surface area contributed by atoms with Crippen LogP contribution in [0.1, 0.15) is 0 Å². The molecular formula is C38H24O2. The summed E-state index contributed by atoms with van der Waals surface area (Å²) in [7, 11) is 0. The van der Waals surface area contributed by atoms with E-state index in [1.807, 2.05) is 24.3 Å². The van der Waals surface area contributed by atoms with Crippen molar-refractivity contribution in [3.05, 3.63) is 146 Å². The van der Waals surface area contributed by atoms with Gasteiger partial charge in [-0.2, -0.15) is 0 Å². The Kier molecular flexibility index (Phi) is 5.17. The number of furan rings is 2. The third-order valence-electron chi connectivity index (χ3n) is 7.72.